The maximum absolute atomic E-state index is 5.66. The molecule has 0 amide bonds. The van der Waals surface area contributed by atoms with Crippen LogP contribution in [0.15, 0.2) is 18.2 Å². The van der Waals surface area contributed by atoms with Crippen LogP contribution in [-0.4, -0.2) is 42.7 Å². The van der Waals surface area contributed by atoms with Crippen molar-refractivity contribution in [1.29, 1.82) is 0 Å². The second-order valence-corrected chi connectivity index (χ2v) is 4.92. The van der Waals surface area contributed by atoms with E-state index in [1.165, 1.54) is 0 Å². The smallest absolute Gasteiger partial charge is 0.0674 e. The predicted molar refractivity (Wildman–Crippen MR) is 72.3 cm³/mol. The van der Waals surface area contributed by atoms with Gasteiger partial charge in [0, 0.05) is 32.8 Å². The topological polar surface area (TPSA) is 37.4 Å². The van der Waals surface area contributed by atoms with Gasteiger partial charge in [-0.1, -0.05) is 6.07 Å². The molecular formula is C14H23N3O. The van der Waals surface area contributed by atoms with Gasteiger partial charge in [0.05, 0.1) is 17.5 Å². The molecule has 1 fully saturated rings. The zero-order valence-electron chi connectivity index (χ0n) is 11.4. The van der Waals surface area contributed by atoms with E-state index in [-0.39, 0.29) is 0 Å². The Bertz CT molecular complexity index is 370. The molecule has 18 heavy (non-hydrogen) atoms. The van der Waals surface area contributed by atoms with Crippen molar-refractivity contribution in [3.8, 4) is 0 Å². The van der Waals surface area contributed by atoms with Crippen molar-refractivity contribution < 1.29 is 4.74 Å². The van der Waals surface area contributed by atoms with Crippen molar-refractivity contribution in [3.63, 3.8) is 0 Å². The lowest BCUT2D eigenvalue weighted by Gasteiger charge is -2.21. The van der Waals surface area contributed by atoms with E-state index in [1.807, 2.05) is 7.05 Å². The first-order valence-corrected chi connectivity index (χ1v) is 6.71. The average Bonchev–Trinajstić information content (AvgIpc) is 2.54. The number of hydrogen-bond donors (Lipinski definition) is 1. The molecule has 0 radical (unpaired) electrons. The summed E-state index contributed by atoms with van der Waals surface area (Å²) in [5.74, 6) is 0. The molecular weight excluding hydrogens is 226 g/mol. The summed E-state index contributed by atoms with van der Waals surface area (Å²) in [7, 11) is 1.95. The van der Waals surface area contributed by atoms with Crippen LogP contribution in [0.2, 0.25) is 0 Å². The number of aromatic nitrogens is 1. The first-order chi connectivity index (χ1) is 8.78. The lowest BCUT2D eigenvalue weighted by molar-refractivity contribution is 0.0666. The number of pyridine rings is 1. The summed E-state index contributed by atoms with van der Waals surface area (Å²) in [5.41, 5.74) is 2.26. The first kappa shape index (κ1) is 13.5. The van der Waals surface area contributed by atoms with Crippen molar-refractivity contribution >= 4 is 0 Å². The predicted octanol–water partition coefficient (Wildman–Crippen LogP) is 1.41. The van der Waals surface area contributed by atoms with Crippen molar-refractivity contribution in [2.45, 2.75) is 32.5 Å². The Balaban J connectivity index is 1.96. The SMILES string of the molecule is CNCc1cccc(CN2CCCOC(C)C2)n1. The lowest BCUT2D eigenvalue weighted by Crippen LogP contribution is -2.30. The van der Waals surface area contributed by atoms with Gasteiger partial charge >= 0.3 is 0 Å². The quantitative estimate of drug-likeness (QED) is 0.875. The van der Waals surface area contributed by atoms with Crippen LogP contribution < -0.4 is 5.32 Å². The van der Waals surface area contributed by atoms with E-state index >= 15 is 0 Å². The summed E-state index contributed by atoms with van der Waals surface area (Å²) < 4.78 is 5.66. The highest BCUT2D eigenvalue weighted by Gasteiger charge is 2.15. The van der Waals surface area contributed by atoms with Crippen LogP contribution in [0.25, 0.3) is 0 Å². The molecule has 0 aliphatic carbocycles. The third kappa shape index (κ3) is 4.05. The van der Waals surface area contributed by atoms with E-state index in [0.29, 0.717) is 6.10 Å². The minimum atomic E-state index is 0.327. The van der Waals surface area contributed by atoms with Gasteiger partial charge in [0.2, 0.25) is 0 Å². The van der Waals surface area contributed by atoms with Crippen LogP contribution in [0.3, 0.4) is 0 Å². The minimum absolute atomic E-state index is 0.327. The lowest BCUT2D eigenvalue weighted by atomic mass is 10.2. The third-order valence-corrected chi connectivity index (χ3v) is 3.14. The Labute approximate surface area is 109 Å². The van der Waals surface area contributed by atoms with Gasteiger partial charge in [-0.15, -0.1) is 0 Å². The van der Waals surface area contributed by atoms with E-state index in [4.69, 9.17) is 4.74 Å². The Morgan fingerprint density at radius 3 is 3.11 bits per heavy atom. The molecule has 0 aromatic carbocycles. The first-order valence-electron chi connectivity index (χ1n) is 6.71. The summed E-state index contributed by atoms with van der Waals surface area (Å²) in [4.78, 5) is 7.10. The standard InChI is InChI=1S/C14H23N3O/c1-12-10-17(7-4-8-18-12)11-14-6-3-5-13(16-14)9-15-2/h3,5-6,12,15H,4,7-11H2,1-2H3. The van der Waals surface area contributed by atoms with Crippen LogP contribution >= 0.6 is 0 Å². The second kappa shape index (κ2) is 6.83. The summed E-state index contributed by atoms with van der Waals surface area (Å²) in [6, 6.07) is 6.26. The highest BCUT2D eigenvalue weighted by atomic mass is 16.5. The van der Waals surface area contributed by atoms with Gasteiger partial charge in [-0.05, 0) is 32.5 Å². The van der Waals surface area contributed by atoms with E-state index in [9.17, 15) is 0 Å². The molecule has 1 unspecified atom stereocenters. The molecule has 0 bridgehead atoms. The number of ether oxygens (including phenoxy) is 1. The van der Waals surface area contributed by atoms with E-state index in [0.717, 1.165) is 50.6 Å². The van der Waals surface area contributed by atoms with Gasteiger partial charge in [-0.3, -0.25) is 9.88 Å². The third-order valence-electron chi connectivity index (χ3n) is 3.14. The zero-order chi connectivity index (χ0) is 12.8. The van der Waals surface area contributed by atoms with Gasteiger partial charge in [0.1, 0.15) is 0 Å². The number of nitrogens with zero attached hydrogens (tertiary/aromatic N) is 2. The normalized spacial score (nSPS) is 21.8. The molecule has 4 nitrogen and oxygen atoms in total. The fraction of sp³-hybridized carbons (Fsp3) is 0.643. The largest absolute Gasteiger partial charge is 0.377 e. The van der Waals surface area contributed by atoms with Gasteiger partial charge < -0.3 is 10.1 Å². The molecule has 0 spiro atoms. The van der Waals surface area contributed by atoms with Crippen LogP contribution in [0, 0.1) is 0 Å². The van der Waals surface area contributed by atoms with Crippen molar-refractivity contribution in [2.24, 2.45) is 0 Å². The molecule has 1 saturated heterocycles. The molecule has 1 atom stereocenters. The van der Waals surface area contributed by atoms with Gasteiger partial charge in [-0.2, -0.15) is 0 Å². The molecule has 1 aliphatic heterocycles. The highest BCUT2D eigenvalue weighted by molar-refractivity contribution is 5.11. The Hall–Kier alpha value is -0.970. The highest BCUT2D eigenvalue weighted by Crippen LogP contribution is 2.09. The van der Waals surface area contributed by atoms with E-state index in [1.54, 1.807) is 0 Å². The molecule has 4 heteroatoms. The summed E-state index contributed by atoms with van der Waals surface area (Å²) >= 11 is 0. The molecule has 2 heterocycles. The van der Waals surface area contributed by atoms with Crippen molar-refractivity contribution in [2.75, 3.05) is 26.7 Å². The van der Waals surface area contributed by atoms with E-state index < -0.39 is 0 Å². The van der Waals surface area contributed by atoms with Crippen LogP contribution in [-0.2, 0) is 17.8 Å². The second-order valence-electron chi connectivity index (χ2n) is 4.92. The molecule has 1 N–H and O–H groups in total. The molecule has 1 aromatic rings. The molecule has 100 valence electrons. The molecule has 1 aliphatic rings. The van der Waals surface area contributed by atoms with Crippen LogP contribution in [0.4, 0.5) is 0 Å². The zero-order valence-corrected chi connectivity index (χ0v) is 11.4. The van der Waals surface area contributed by atoms with Crippen LogP contribution in [0.1, 0.15) is 24.7 Å². The molecule has 1 aromatic heterocycles. The monoisotopic (exact) mass is 249 g/mol. The maximum atomic E-state index is 5.66. The van der Waals surface area contributed by atoms with Gasteiger partial charge in [0.25, 0.3) is 0 Å². The Kier molecular flexibility index (Phi) is 5.11. The minimum Gasteiger partial charge on any atom is -0.377 e. The summed E-state index contributed by atoms with van der Waals surface area (Å²) in [6.07, 6.45) is 1.44. The van der Waals surface area contributed by atoms with Crippen LogP contribution in [0.5, 0.6) is 0 Å². The maximum Gasteiger partial charge on any atom is 0.0674 e. The van der Waals surface area contributed by atoms with Gasteiger partial charge in [-0.25, -0.2) is 0 Å². The number of rotatable bonds is 4. The van der Waals surface area contributed by atoms with E-state index in [2.05, 4.69) is 40.3 Å². The van der Waals surface area contributed by atoms with Crippen molar-refractivity contribution in [1.82, 2.24) is 15.2 Å². The average molecular weight is 249 g/mol. The summed E-state index contributed by atoms with van der Waals surface area (Å²) in [5, 5.41) is 3.14. The fourth-order valence-electron chi connectivity index (χ4n) is 2.35. The Morgan fingerprint density at radius 1 is 1.44 bits per heavy atom. The van der Waals surface area contributed by atoms with Gasteiger partial charge in [0.15, 0.2) is 0 Å². The number of hydrogen-bond acceptors (Lipinski definition) is 4. The fourth-order valence-corrected chi connectivity index (χ4v) is 2.35. The van der Waals surface area contributed by atoms with Crippen molar-refractivity contribution in [3.05, 3.63) is 29.6 Å². The molecule has 2 rings (SSSR count). The Morgan fingerprint density at radius 2 is 2.28 bits per heavy atom. The number of nitrogens with one attached hydrogen (secondary N) is 1. The summed E-state index contributed by atoms with van der Waals surface area (Å²) in [6.45, 7) is 6.87. The molecule has 0 saturated carbocycles.